The number of hydrogen-bond donors (Lipinski definition) is 1. The highest BCUT2D eigenvalue weighted by Crippen LogP contribution is 2.19. The Morgan fingerprint density at radius 1 is 1.22 bits per heavy atom. The number of aryl methyl sites for hydroxylation is 1. The van der Waals surface area contributed by atoms with Gasteiger partial charge in [-0.1, -0.05) is 19.0 Å². The van der Waals surface area contributed by atoms with E-state index in [4.69, 9.17) is 10.3 Å². The second kappa shape index (κ2) is 5.22. The predicted molar refractivity (Wildman–Crippen MR) is 66.4 cm³/mol. The molecule has 18 heavy (non-hydrogen) atoms. The molecule has 0 amide bonds. The summed E-state index contributed by atoms with van der Waals surface area (Å²) in [6.45, 7) is 6.12. The Morgan fingerprint density at radius 2 is 1.89 bits per heavy atom. The van der Waals surface area contributed by atoms with E-state index in [0.29, 0.717) is 23.5 Å². The van der Waals surface area contributed by atoms with Crippen molar-refractivity contribution in [2.24, 2.45) is 11.7 Å². The normalized spacial score (nSPS) is 12.9. The molecular weight excluding hydrogens is 230 g/mol. The smallest absolute Gasteiger partial charge is 0.243 e. The first-order chi connectivity index (χ1) is 8.56. The van der Waals surface area contributed by atoms with Crippen LogP contribution in [0.4, 0.5) is 0 Å². The molecule has 0 aliphatic rings. The monoisotopic (exact) mass is 247 g/mol. The summed E-state index contributed by atoms with van der Waals surface area (Å²) in [5.74, 6) is 1.74. The van der Waals surface area contributed by atoms with E-state index in [2.05, 4.69) is 34.0 Å². The van der Waals surface area contributed by atoms with Crippen LogP contribution in [0.1, 0.15) is 37.8 Å². The minimum atomic E-state index is -0.239. The van der Waals surface area contributed by atoms with Gasteiger partial charge in [0, 0.05) is 12.4 Å². The van der Waals surface area contributed by atoms with Crippen molar-refractivity contribution >= 4 is 0 Å². The Hall–Kier alpha value is -1.82. The second-order valence-corrected chi connectivity index (χ2v) is 4.78. The molecule has 2 rings (SSSR count). The molecule has 2 N–H and O–H groups in total. The zero-order valence-corrected chi connectivity index (χ0v) is 10.8. The van der Waals surface area contributed by atoms with Crippen LogP contribution in [0.25, 0.3) is 11.6 Å². The summed E-state index contributed by atoms with van der Waals surface area (Å²) in [4.78, 5) is 12.5. The van der Waals surface area contributed by atoms with E-state index < -0.39 is 0 Å². The maximum absolute atomic E-state index is 5.97. The van der Waals surface area contributed by atoms with Crippen molar-refractivity contribution in [2.75, 3.05) is 0 Å². The average molecular weight is 247 g/mol. The topological polar surface area (TPSA) is 90.7 Å². The van der Waals surface area contributed by atoms with Crippen LogP contribution in [0.15, 0.2) is 16.9 Å². The average Bonchev–Trinajstić information content (AvgIpc) is 2.78. The summed E-state index contributed by atoms with van der Waals surface area (Å²) in [7, 11) is 0. The molecule has 96 valence electrons. The van der Waals surface area contributed by atoms with E-state index in [0.717, 1.165) is 12.0 Å². The highest BCUT2D eigenvalue weighted by atomic mass is 16.5. The molecule has 0 saturated heterocycles. The highest BCUT2D eigenvalue weighted by Gasteiger charge is 2.17. The van der Waals surface area contributed by atoms with E-state index in [1.54, 1.807) is 12.4 Å². The fourth-order valence-electron chi connectivity index (χ4n) is 1.59. The minimum Gasteiger partial charge on any atom is -0.337 e. The maximum Gasteiger partial charge on any atom is 0.243 e. The van der Waals surface area contributed by atoms with Gasteiger partial charge in [-0.2, -0.15) is 4.98 Å². The summed E-state index contributed by atoms with van der Waals surface area (Å²) < 4.78 is 5.15. The maximum atomic E-state index is 5.97. The van der Waals surface area contributed by atoms with Gasteiger partial charge in [-0.05, 0) is 24.8 Å². The van der Waals surface area contributed by atoms with Gasteiger partial charge in [-0.15, -0.1) is 0 Å². The van der Waals surface area contributed by atoms with Gasteiger partial charge in [-0.3, -0.25) is 0 Å². The van der Waals surface area contributed by atoms with Gasteiger partial charge in [0.25, 0.3) is 0 Å². The van der Waals surface area contributed by atoms with E-state index in [9.17, 15) is 0 Å². The third kappa shape index (κ3) is 2.89. The Labute approximate surface area is 106 Å². The number of hydrogen-bond acceptors (Lipinski definition) is 6. The second-order valence-electron chi connectivity index (χ2n) is 4.78. The summed E-state index contributed by atoms with van der Waals surface area (Å²) in [6, 6.07) is -0.239. The lowest BCUT2D eigenvalue weighted by Gasteiger charge is -2.08. The first kappa shape index (κ1) is 12.6. The van der Waals surface area contributed by atoms with E-state index >= 15 is 0 Å². The minimum absolute atomic E-state index is 0.239. The third-order valence-corrected chi connectivity index (χ3v) is 2.47. The molecule has 0 radical (unpaired) electrons. The Kier molecular flexibility index (Phi) is 3.66. The van der Waals surface area contributed by atoms with Crippen molar-refractivity contribution in [1.29, 1.82) is 0 Å². The van der Waals surface area contributed by atoms with Crippen LogP contribution in [-0.4, -0.2) is 20.1 Å². The summed E-state index contributed by atoms with van der Waals surface area (Å²) >= 11 is 0. The van der Waals surface area contributed by atoms with E-state index in [-0.39, 0.29) is 6.04 Å². The first-order valence-corrected chi connectivity index (χ1v) is 5.94. The van der Waals surface area contributed by atoms with Crippen LogP contribution in [-0.2, 0) is 0 Å². The Balaban J connectivity index is 2.17. The third-order valence-electron chi connectivity index (χ3n) is 2.47. The van der Waals surface area contributed by atoms with Crippen molar-refractivity contribution < 1.29 is 4.52 Å². The lowest BCUT2D eigenvalue weighted by atomic mass is 10.0. The molecule has 0 bridgehead atoms. The van der Waals surface area contributed by atoms with Crippen molar-refractivity contribution in [3.63, 3.8) is 0 Å². The molecule has 1 atom stereocenters. The van der Waals surface area contributed by atoms with Gasteiger partial charge in [0.05, 0.1) is 6.04 Å². The fourth-order valence-corrected chi connectivity index (χ4v) is 1.59. The van der Waals surface area contributed by atoms with Crippen LogP contribution in [0.2, 0.25) is 0 Å². The van der Waals surface area contributed by atoms with Crippen molar-refractivity contribution in [2.45, 2.75) is 33.2 Å². The molecule has 0 saturated carbocycles. The van der Waals surface area contributed by atoms with Gasteiger partial charge in [-0.25, -0.2) is 9.97 Å². The molecule has 2 aromatic rings. The van der Waals surface area contributed by atoms with Gasteiger partial charge < -0.3 is 10.3 Å². The zero-order chi connectivity index (χ0) is 13.1. The quantitative estimate of drug-likeness (QED) is 0.887. The summed E-state index contributed by atoms with van der Waals surface area (Å²) in [6.07, 6.45) is 4.23. The molecule has 6 heteroatoms. The lowest BCUT2D eigenvalue weighted by Crippen LogP contribution is -2.13. The zero-order valence-electron chi connectivity index (χ0n) is 10.8. The predicted octanol–water partition coefficient (Wildman–Crippen LogP) is 1.88. The fraction of sp³-hybridized carbons (Fsp3) is 0.500. The summed E-state index contributed by atoms with van der Waals surface area (Å²) in [5, 5.41) is 3.85. The summed E-state index contributed by atoms with van der Waals surface area (Å²) in [5.41, 5.74) is 6.96. The van der Waals surface area contributed by atoms with Gasteiger partial charge in [0.1, 0.15) is 0 Å². The van der Waals surface area contributed by atoms with Gasteiger partial charge >= 0.3 is 0 Å². The van der Waals surface area contributed by atoms with Gasteiger partial charge in [0.2, 0.25) is 17.5 Å². The van der Waals surface area contributed by atoms with Gasteiger partial charge in [0.15, 0.2) is 0 Å². The molecule has 2 heterocycles. The van der Waals surface area contributed by atoms with Crippen molar-refractivity contribution in [3.05, 3.63) is 23.8 Å². The van der Waals surface area contributed by atoms with Crippen LogP contribution in [0.3, 0.4) is 0 Å². The first-order valence-electron chi connectivity index (χ1n) is 5.94. The molecule has 0 aliphatic carbocycles. The standard InChI is InChI=1S/C12H17N5O/c1-7(2)4-9(13)12-16-11(17-18-12)10-14-5-8(3)6-15-10/h5-7,9H,4,13H2,1-3H3. The van der Waals surface area contributed by atoms with Crippen LogP contribution in [0, 0.1) is 12.8 Å². The molecule has 6 nitrogen and oxygen atoms in total. The van der Waals surface area contributed by atoms with Crippen LogP contribution >= 0.6 is 0 Å². The van der Waals surface area contributed by atoms with Crippen molar-refractivity contribution in [3.8, 4) is 11.6 Å². The molecule has 0 aliphatic heterocycles. The molecule has 0 aromatic carbocycles. The number of nitrogens with two attached hydrogens (primary N) is 1. The number of rotatable bonds is 4. The van der Waals surface area contributed by atoms with Crippen LogP contribution in [0.5, 0.6) is 0 Å². The van der Waals surface area contributed by atoms with Crippen LogP contribution < -0.4 is 5.73 Å². The largest absolute Gasteiger partial charge is 0.337 e. The Bertz CT molecular complexity index is 505. The molecule has 1 unspecified atom stereocenters. The molecule has 2 aromatic heterocycles. The molecule has 0 spiro atoms. The highest BCUT2D eigenvalue weighted by molar-refractivity contribution is 5.41. The lowest BCUT2D eigenvalue weighted by molar-refractivity contribution is 0.335. The van der Waals surface area contributed by atoms with E-state index in [1.165, 1.54) is 0 Å². The number of aromatic nitrogens is 4. The molecule has 0 fully saturated rings. The Morgan fingerprint density at radius 3 is 2.50 bits per heavy atom. The SMILES string of the molecule is Cc1cnc(-c2noc(C(N)CC(C)C)n2)nc1. The molecular formula is C12H17N5O. The number of nitrogens with zero attached hydrogens (tertiary/aromatic N) is 4. The van der Waals surface area contributed by atoms with E-state index in [1.807, 2.05) is 6.92 Å². The van der Waals surface area contributed by atoms with Crippen molar-refractivity contribution in [1.82, 2.24) is 20.1 Å².